The van der Waals surface area contributed by atoms with Crippen LogP contribution in [0.5, 0.6) is 0 Å². The molecule has 0 aliphatic rings. The van der Waals surface area contributed by atoms with Crippen molar-refractivity contribution in [2.45, 2.75) is 39.8 Å². The van der Waals surface area contributed by atoms with Crippen molar-refractivity contribution in [3.63, 3.8) is 0 Å². The fourth-order valence-corrected chi connectivity index (χ4v) is 2.42. The molecule has 1 atom stereocenters. The topological polar surface area (TPSA) is 87.1 Å². The van der Waals surface area contributed by atoms with Gasteiger partial charge < -0.3 is 15.0 Å². The fourth-order valence-electron chi connectivity index (χ4n) is 1.58. The summed E-state index contributed by atoms with van der Waals surface area (Å²) in [5, 5.41) is 4.88. The van der Waals surface area contributed by atoms with Crippen molar-refractivity contribution >= 4 is 11.3 Å². The van der Waals surface area contributed by atoms with E-state index in [4.69, 9.17) is 15.0 Å². The van der Waals surface area contributed by atoms with Crippen molar-refractivity contribution < 1.29 is 9.26 Å². The highest BCUT2D eigenvalue weighted by atomic mass is 32.1. The van der Waals surface area contributed by atoms with E-state index in [2.05, 4.69) is 15.1 Å². The van der Waals surface area contributed by atoms with Crippen LogP contribution in [0.4, 0.5) is 0 Å². The molecule has 2 aromatic heterocycles. The second-order valence-electron chi connectivity index (χ2n) is 4.59. The Morgan fingerprint density at radius 2 is 2.05 bits per heavy atom. The van der Waals surface area contributed by atoms with Crippen LogP contribution in [0.15, 0.2) is 4.52 Å². The highest BCUT2D eigenvalue weighted by Crippen LogP contribution is 2.28. The Balaban J connectivity index is 2.12. The fraction of sp³-hybridized carbons (Fsp3) is 0.583. The minimum atomic E-state index is -0.380. The number of nitrogens with two attached hydrogens (primary N) is 1. The molecule has 2 N–H and O–H groups in total. The average molecular weight is 282 g/mol. The maximum absolute atomic E-state index is 5.96. The summed E-state index contributed by atoms with van der Waals surface area (Å²) < 4.78 is 10.7. The zero-order valence-electron chi connectivity index (χ0n) is 11.5. The van der Waals surface area contributed by atoms with Gasteiger partial charge in [-0.3, -0.25) is 0 Å². The van der Waals surface area contributed by atoms with E-state index in [9.17, 15) is 0 Å². The number of aryl methyl sites for hydroxylation is 2. The molecule has 0 amide bonds. The molecule has 0 aromatic carbocycles. The maximum atomic E-state index is 5.96. The normalized spacial score (nSPS) is 13.2. The molecule has 2 heterocycles. The van der Waals surface area contributed by atoms with E-state index < -0.39 is 0 Å². The lowest BCUT2D eigenvalue weighted by Gasteiger charge is -2.10. The zero-order valence-corrected chi connectivity index (χ0v) is 12.3. The van der Waals surface area contributed by atoms with E-state index in [0.717, 1.165) is 15.6 Å². The summed E-state index contributed by atoms with van der Waals surface area (Å²) >= 11 is 1.53. The van der Waals surface area contributed by atoms with Gasteiger partial charge in [-0.05, 0) is 27.7 Å². The summed E-state index contributed by atoms with van der Waals surface area (Å²) in [4.78, 5) is 9.55. The van der Waals surface area contributed by atoms with Gasteiger partial charge in [0.05, 0.1) is 29.5 Å². The molecule has 0 radical (unpaired) electrons. The van der Waals surface area contributed by atoms with Gasteiger partial charge in [0.25, 0.3) is 5.89 Å². The van der Waals surface area contributed by atoms with Gasteiger partial charge in [-0.2, -0.15) is 4.98 Å². The number of ether oxygens (including phenoxy) is 1. The lowest BCUT2D eigenvalue weighted by molar-refractivity contribution is 0.0665. The first-order valence-electron chi connectivity index (χ1n) is 6.12. The van der Waals surface area contributed by atoms with Crippen LogP contribution < -0.4 is 5.73 Å². The molecule has 0 fully saturated rings. The van der Waals surface area contributed by atoms with Crippen molar-refractivity contribution in [3.05, 3.63) is 16.5 Å². The summed E-state index contributed by atoms with van der Waals surface area (Å²) in [5.74, 6) is 0.930. The van der Waals surface area contributed by atoms with Gasteiger partial charge in [0, 0.05) is 0 Å². The first-order valence-corrected chi connectivity index (χ1v) is 6.94. The third-order valence-electron chi connectivity index (χ3n) is 2.48. The Hall–Kier alpha value is -1.31. The Morgan fingerprint density at radius 1 is 1.32 bits per heavy atom. The van der Waals surface area contributed by atoms with Crippen LogP contribution in [-0.4, -0.2) is 27.8 Å². The molecular weight excluding hydrogens is 264 g/mol. The molecule has 7 heteroatoms. The highest BCUT2D eigenvalue weighted by Gasteiger charge is 2.19. The van der Waals surface area contributed by atoms with Gasteiger partial charge in [0.1, 0.15) is 4.88 Å². The van der Waals surface area contributed by atoms with Gasteiger partial charge in [-0.25, -0.2) is 4.98 Å². The van der Waals surface area contributed by atoms with Gasteiger partial charge in [-0.1, -0.05) is 5.16 Å². The zero-order chi connectivity index (χ0) is 14.0. The van der Waals surface area contributed by atoms with Crippen LogP contribution in [0.2, 0.25) is 0 Å². The molecule has 2 rings (SSSR count). The number of rotatable bonds is 5. The monoisotopic (exact) mass is 282 g/mol. The lowest BCUT2D eigenvalue weighted by Crippen LogP contribution is -2.20. The molecular formula is C12H18N4O2S. The van der Waals surface area contributed by atoms with E-state index in [1.54, 1.807) is 0 Å². The maximum Gasteiger partial charge on any atom is 0.269 e. The third kappa shape index (κ3) is 3.37. The van der Waals surface area contributed by atoms with Crippen LogP contribution in [0.1, 0.15) is 36.4 Å². The van der Waals surface area contributed by atoms with Crippen LogP contribution in [0, 0.1) is 13.8 Å². The Morgan fingerprint density at radius 3 is 2.63 bits per heavy atom. The molecule has 104 valence electrons. The second kappa shape index (κ2) is 5.77. The molecule has 0 bridgehead atoms. The molecule has 6 nitrogen and oxygen atoms in total. The molecule has 0 aliphatic carbocycles. The van der Waals surface area contributed by atoms with E-state index in [1.807, 2.05) is 27.7 Å². The number of hydrogen-bond acceptors (Lipinski definition) is 7. The number of thiazole rings is 1. The molecule has 0 spiro atoms. The first-order chi connectivity index (χ1) is 8.97. The average Bonchev–Trinajstić information content (AvgIpc) is 2.92. The summed E-state index contributed by atoms with van der Waals surface area (Å²) in [6, 6.07) is -0.380. The van der Waals surface area contributed by atoms with E-state index in [-0.39, 0.29) is 12.1 Å². The number of aromatic nitrogens is 3. The van der Waals surface area contributed by atoms with Crippen molar-refractivity contribution in [2.24, 2.45) is 5.73 Å². The largest absolute Gasteiger partial charge is 0.377 e. The SMILES string of the molecule is Cc1nc(C)c(-c2nc(C(N)COC(C)C)no2)s1. The smallest absolute Gasteiger partial charge is 0.269 e. The summed E-state index contributed by atoms with van der Waals surface area (Å²) in [5.41, 5.74) is 6.85. The highest BCUT2D eigenvalue weighted by molar-refractivity contribution is 7.15. The van der Waals surface area contributed by atoms with Crippen LogP contribution >= 0.6 is 11.3 Å². The summed E-state index contributed by atoms with van der Waals surface area (Å²) in [6.45, 7) is 8.15. The van der Waals surface area contributed by atoms with Gasteiger partial charge in [0.15, 0.2) is 5.82 Å². The van der Waals surface area contributed by atoms with Gasteiger partial charge in [-0.15, -0.1) is 11.3 Å². The minimum Gasteiger partial charge on any atom is -0.377 e. The van der Waals surface area contributed by atoms with E-state index >= 15 is 0 Å². The molecule has 0 saturated heterocycles. The molecule has 2 aromatic rings. The lowest BCUT2D eigenvalue weighted by atomic mass is 10.3. The summed E-state index contributed by atoms with van der Waals surface area (Å²) in [6.07, 6.45) is 0.129. The van der Waals surface area contributed by atoms with Crippen LogP contribution in [0.3, 0.4) is 0 Å². The Bertz CT molecular complexity index is 550. The third-order valence-corrected chi connectivity index (χ3v) is 3.54. The Kier molecular flexibility index (Phi) is 4.28. The number of nitrogens with zero attached hydrogens (tertiary/aromatic N) is 3. The van der Waals surface area contributed by atoms with Crippen molar-refractivity contribution in [2.75, 3.05) is 6.61 Å². The van der Waals surface area contributed by atoms with Gasteiger partial charge >= 0.3 is 0 Å². The molecule has 0 saturated carbocycles. The van der Waals surface area contributed by atoms with Crippen LogP contribution in [-0.2, 0) is 4.74 Å². The van der Waals surface area contributed by atoms with Crippen molar-refractivity contribution in [3.8, 4) is 10.8 Å². The molecule has 19 heavy (non-hydrogen) atoms. The molecule has 1 unspecified atom stereocenters. The van der Waals surface area contributed by atoms with Crippen molar-refractivity contribution in [1.29, 1.82) is 0 Å². The molecule has 0 aliphatic heterocycles. The standard InChI is InChI=1S/C12H18N4O2S/c1-6(2)17-5-9(13)11-15-12(18-16-11)10-7(3)14-8(4)19-10/h6,9H,5,13H2,1-4H3. The predicted octanol–water partition coefficient (Wildman–Crippen LogP) is 2.23. The van der Waals surface area contributed by atoms with Crippen molar-refractivity contribution in [1.82, 2.24) is 15.1 Å². The van der Waals surface area contributed by atoms with E-state index in [1.165, 1.54) is 11.3 Å². The predicted molar refractivity (Wildman–Crippen MR) is 72.9 cm³/mol. The Labute approximate surface area is 116 Å². The van der Waals surface area contributed by atoms with Gasteiger partial charge in [0.2, 0.25) is 0 Å². The second-order valence-corrected chi connectivity index (χ2v) is 5.80. The van der Waals surface area contributed by atoms with Crippen LogP contribution in [0.25, 0.3) is 10.8 Å². The van der Waals surface area contributed by atoms with E-state index in [0.29, 0.717) is 18.3 Å². The first kappa shape index (κ1) is 14.1. The quantitative estimate of drug-likeness (QED) is 0.905. The summed E-state index contributed by atoms with van der Waals surface area (Å²) in [7, 11) is 0. The number of hydrogen-bond donors (Lipinski definition) is 1. The minimum absolute atomic E-state index is 0.129.